The van der Waals surface area contributed by atoms with Crippen molar-refractivity contribution in [1.29, 1.82) is 0 Å². The van der Waals surface area contributed by atoms with Crippen molar-refractivity contribution in [2.45, 2.75) is 36.2 Å². The maximum Gasteiger partial charge on any atom is 0.268 e. The molecular formula is C22H22ClN3O2S. The van der Waals surface area contributed by atoms with Crippen molar-refractivity contribution < 1.29 is 8.42 Å². The van der Waals surface area contributed by atoms with Crippen LogP contribution in [-0.2, 0) is 23.5 Å². The number of nitrogens with zero attached hydrogens (tertiary/aromatic N) is 2. The molecule has 1 saturated heterocycles. The summed E-state index contributed by atoms with van der Waals surface area (Å²) >= 11 is 0. The smallest absolute Gasteiger partial charge is 0.268 e. The van der Waals surface area contributed by atoms with Crippen LogP contribution in [0.25, 0.3) is 21.8 Å². The van der Waals surface area contributed by atoms with Crippen molar-refractivity contribution in [3.63, 3.8) is 0 Å². The van der Waals surface area contributed by atoms with E-state index >= 15 is 0 Å². The molecule has 0 saturated carbocycles. The number of aryl methyl sites for hydroxylation is 1. The Bertz CT molecular complexity index is 1370. The van der Waals surface area contributed by atoms with Crippen LogP contribution in [0.1, 0.15) is 30.1 Å². The van der Waals surface area contributed by atoms with Gasteiger partial charge < -0.3 is 9.88 Å². The van der Waals surface area contributed by atoms with Crippen LogP contribution in [-0.4, -0.2) is 23.0 Å². The van der Waals surface area contributed by atoms with Crippen molar-refractivity contribution in [1.82, 2.24) is 13.9 Å². The number of nitrogens with one attached hydrogen (secondary N) is 1. The zero-order valence-electron chi connectivity index (χ0n) is 16.0. The number of fused-ring (bicyclic) bond motifs is 7. The van der Waals surface area contributed by atoms with Gasteiger partial charge in [-0.3, -0.25) is 0 Å². The van der Waals surface area contributed by atoms with E-state index in [-0.39, 0.29) is 12.4 Å². The quantitative estimate of drug-likeness (QED) is 0.523. The summed E-state index contributed by atoms with van der Waals surface area (Å²) in [5.41, 5.74) is 4.46. The number of aromatic nitrogens is 2. The van der Waals surface area contributed by atoms with Gasteiger partial charge in [-0.15, -0.1) is 12.4 Å². The van der Waals surface area contributed by atoms with Crippen molar-refractivity contribution in [3.8, 4) is 0 Å². The van der Waals surface area contributed by atoms with Gasteiger partial charge in [0.05, 0.1) is 10.4 Å². The zero-order valence-corrected chi connectivity index (χ0v) is 17.6. The molecule has 0 amide bonds. The Labute approximate surface area is 175 Å². The van der Waals surface area contributed by atoms with Crippen molar-refractivity contribution >= 4 is 44.2 Å². The molecule has 2 aliphatic heterocycles. The summed E-state index contributed by atoms with van der Waals surface area (Å²) in [6.07, 6.45) is 4.97. The summed E-state index contributed by atoms with van der Waals surface area (Å²) in [5.74, 6) is 0. The molecular weight excluding hydrogens is 406 g/mol. The molecule has 2 aromatic heterocycles. The van der Waals surface area contributed by atoms with Crippen LogP contribution in [0.2, 0.25) is 0 Å². The number of rotatable bonds is 2. The molecule has 4 heterocycles. The summed E-state index contributed by atoms with van der Waals surface area (Å²) in [7, 11) is -1.56. The molecule has 0 spiro atoms. The predicted molar refractivity (Wildman–Crippen MR) is 117 cm³/mol. The zero-order chi connectivity index (χ0) is 19.0. The summed E-state index contributed by atoms with van der Waals surface area (Å²) in [6.45, 7) is 0. The van der Waals surface area contributed by atoms with E-state index in [1.807, 2.05) is 42.5 Å². The molecule has 2 atom stereocenters. The molecule has 6 rings (SSSR count). The highest BCUT2D eigenvalue weighted by Gasteiger charge is 2.36. The number of hydrogen-bond acceptors (Lipinski definition) is 3. The predicted octanol–water partition coefficient (Wildman–Crippen LogP) is 4.14. The fourth-order valence-electron chi connectivity index (χ4n) is 5.12. The topological polar surface area (TPSA) is 56.0 Å². The number of para-hydroxylation sites is 1. The van der Waals surface area contributed by atoms with E-state index in [0.29, 0.717) is 22.5 Å². The second kappa shape index (κ2) is 6.36. The highest BCUT2D eigenvalue weighted by Crippen LogP contribution is 2.42. The van der Waals surface area contributed by atoms with E-state index in [9.17, 15) is 8.42 Å². The van der Waals surface area contributed by atoms with Crippen LogP contribution in [0.3, 0.4) is 0 Å². The third-order valence-corrected chi connectivity index (χ3v) is 8.17. The van der Waals surface area contributed by atoms with Gasteiger partial charge in [0.25, 0.3) is 10.0 Å². The summed E-state index contributed by atoms with van der Waals surface area (Å²) in [6, 6.07) is 15.9. The largest absolute Gasteiger partial charge is 0.347 e. The first-order chi connectivity index (χ1) is 13.5. The first kappa shape index (κ1) is 18.7. The normalized spacial score (nSPS) is 20.7. The lowest BCUT2D eigenvalue weighted by Crippen LogP contribution is -2.32. The molecule has 29 heavy (non-hydrogen) atoms. The maximum atomic E-state index is 13.4. The molecule has 150 valence electrons. The molecule has 5 nitrogen and oxygen atoms in total. The summed E-state index contributed by atoms with van der Waals surface area (Å²) in [4.78, 5) is 0.342. The van der Waals surface area contributed by atoms with Gasteiger partial charge in [0.15, 0.2) is 0 Å². The van der Waals surface area contributed by atoms with Crippen molar-refractivity contribution in [2.24, 2.45) is 7.05 Å². The third kappa shape index (κ3) is 2.52. The molecule has 2 aromatic carbocycles. The molecule has 2 bridgehead atoms. The van der Waals surface area contributed by atoms with Crippen LogP contribution in [0.5, 0.6) is 0 Å². The lowest BCUT2D eigenvalue weighted by atomic mass is 9.99. The van der Waals surface area contributed by atoms with E-state index in [2.05, 4.69) is 16.9 Å². The van der Waals surface area contributed by atoms with E-state index in [0.717, 1.165) is 29.1 Å². The van der Waals surface area contributed by atoms with E-state index in [1.54, 1.807) is 12.3 Å². The highest BCUT2D eigenvalue weighted by atomic mass is 35.5. The van der Waals surface area contributed by atoms with Gasteiger partial charge in [0.1, 0.15) is 0 Å². The van der Waals surface area contributed by atoms with Crippen LogP contribution >= 0.6 is 12.4 Å². The van der Waals surface area contributed by atoms with Crippen LogP contribution < -0.4 is 5.32 Å². The van der Waals surface area contributed by atoms with Crippen LogP contribution in [0, 0.1) is 0 Å². The summed E-state index contributed by atoms with van der Waals surface area (Å²) in [5, 5.41) is 5.68. The van der Waals surface area contributed by atoms with Crippen LogP contribution in [0.15, 0.2) is 59.6 Å². The van der Waals surface area contributed by atoms with Gasteiger partial charge in [-0.05, 0) is 48.7 Å². The second-order valence-corrected chi connectivity index (χ2v) is 9.79. The molecule has 0 aliphatic carbocycles. The van der Waals surface area contributed by atoms with Gasteiger partial charge in [0, 0.05) is 53.7 Å². The van der Waals surface area contributed by atoms with Crippen molar-refractivity contribution in [2.75, 3.05) is 0 Å². The van der Waals surface area contributed by atoms with Crippen molar-refractivity contribution in [3.05, 3.63) is 66.0 Å². The van der Waals surface area contributed by atoms with Gasteiger partial charge in [-0.1, -0.05) is 18.2 Å². The number of benzene rings is 2. The molecule has 1 fully saturated rings. The second-order valence-electron chi connectivity index (χ2n) is 7.97. The van der Waals surface area contributed by atoms with Gasteiger partial charge >= 0.3 is 0 Å². The fourth-order valence-corrected chi connectivity index (χ4v) is 6.50. The fraction of sp³-hybridized carbons (Fsp3) is 0.273. The molecule has 1 N–H and O–H groups in total. The van der Waals surface area contributed by atoms with E-state index in [4.69, 9.17) is 0 Å². The lowest BCUT2D eigenvalue weighted by molar-refractivity contribution is 0.503. The Morgan fingerprint density at radius 1 is 1.03 bits per heavy atom. The van der Waals surface area contributed by atoms with E-state index in [1.165, 1.54) is 21.7 Å². The van der Waals surface area contributed by atoms with Gasteiger partial charge in [-0.2, -0.15) is 0 Å². The number of hydrogen-bond donors (Lipinski definition) is 1. The summed E-state index contributed by atoms with van der Waals surface area (Å²) < 4.78 is 30.5. The average molecular weight is 428 g/mol. The molecule has 2 unspecified atom stereocenters. The van der Waals surface area contributed by atoms with E-state index < -0.39 is 10.0 Å². The number of halogens is 1. The third-order valence-electron chi connectivity index (χ3n) is 6.48. The van der Waals surface area contributed by atoms with Gasteiger partial charge in [-0.25, -0.2) is 12.4 Å². The first-order valence-electron chi connectivity index (χ1n) is 9.73. The standard InChI is InChI=1S/C22H21N3O2S.ClH/c1-24-20-9-7-16(13-17(20)22-18-8-6-15(23-18)12-21(22)24)28(26,27)25-11-10-14-4-2-3-5-19(14)25;/h2-5,7,9-11,13,15,18,23H,6,8,12H2,1H3;1H. The molecule has 0 radical (unpaired) electrons. The Kier molecular flexibility index (Phi) is 4.11. The molecule has 7 heteroatoms. The maximum absolute atomic E-state index is 13.4. The Hall–Kier alpha value is -2.28. The average Bonchev–Trinajstić information content (AvgIpc) is 3.38. The lowest BCUT2D eigenvalue weighted by Gasteiger charge is -2.23. The Morgan fingerprint density at radius 2 is 1.86 bits per heavy atom. The minimum absolute atomic E-state index is 0. The van der Waals surface area contributed by atoms with Crippen LogP contribution in [0.4, 0.5) is 0 Å². The Balaban J connectivity index is 0.00000181. The monoisotopic (exact) mass is 427 g/mol. The molecule has 2 aliphatic rings. The SMILES string of the molecule is Cl.Cn1c2c(c3cc(S(=O)(=O)n4ccc5ccccc54)ccc31)C1CCC(C2)N1. The highest BCUT2D eigenvalue weighted by molar-refractivity contribution is 7.90. The van der Waals surface area contributed by atoms with Gasteiger partial charge in [0.2, 0.25) is 0 Å². The minimum Gasteiger partial charge on any atom is -0.347 e. The Morgan fingerprint density at radius 3 is 2.72 bits per heavy atom. The minimum atomic E-state index is -3.66. The first-order valence-corrected chi connectivity index (χ1v) is 11.2. The molecule has 4 aromatic rings.